The topological polar surface area (TPSA) is 47.6 Å². The van der Waals surface area contributed by atoms with Crippen LogP contribution in [0.1, 0.15) is 16.7 Å². The average molecular weight is 325 g/mol. The molecule has 4 nitrogen and oxygen atoms in total. The Labute approximate surface area is 142 Å². The number of hydrogen-bond donors (Lipinski definition) is 1. The first-order chi connectivity index (χ1) is 11.7. The molecule has 2 aromatic carbocycles. The predicted molar refractivity (Wildman–Crippen MR) is 93.6 cm³/mol. The fraction of sp³-hybridized carbons (Fsp3) is 0.350. The molecule has 0 saturated heterocycles. The van der Waals surface area contributed by atoms with E-state index >= 15 is 0 Å². The molecule has 1 atom stereocenters. The molecular weight excluding hydrogens is 302 g/mol. The minimum Gasteiger partial charge on any atom is -0.497 e. The van der Waals surface area contributed by atoms with E-state index in [4.69, 9.17) is 9.47 Å². The van der Waals surface area contributed by atoms with E-state index in [-0.39, 0.29) is 5.91 Å². The van der Waals surface area contributed by atoms with E-state index in [1.54, 1.807) is 14.2 Å². The van der Waals surface area contributed by atoms with Crippen molar-refractivity contribution in [2.45, 2.75) is 19.3 Å². The van der Waals surface area contributed by atoms with Crippen LogP contribution in [-0.2, 0) is 24.1 Å². The molecule has 3 rings (SSSR count). The molecule has 0 saturated carbocycles. The van der Waals surface area contributed by atoms with E-state index in [2.05, 4.69) is 23.5 Å². The van der Waals surface area contributed by atoms with E-state index in [0.717, 1.165) is 36.5 Å². The van der Waals surface area contributed by atoms with Crippen LogP contribution in [0, 0.1) is 5.92 Å². The van der Waals surface area contributed by atoms with E-state index in [1.807, 2.05) is 24.3 Å². The fourth-order valence-corrected chi connectivity index (χ4v) is 3.07. The van der Waals surface area contributed by atoms with Gasteiger partial charge in [-0.3, -0.25) is 4.79 Å². The molecule has 1 unspecified atom stereocenters. The molecule has 0 spiro atoms. The highest BCUT2D eigenvalue weighted by Crippen LogP contribution is 2.32. The Morgan fingerprint density at radius 3 is 2.67 bits per heavy atom. The van der Waals surface area contributed by atoms with Gasteiger partial charge < -0.3 is 14.8 Å². The first-order valence-electron chi connectivity index (χ1n) is 8.26. The van der Waals surface area contributed by atoms with Crippen LogP contribution in [-0.4, -0.2) is 26.7 Å². The lowest BCUT2D eigenvalue weighted by molar-refractivity contribution is -0.119. The summed E-state index contributed by atoms with van der Waals surface area (Å²) in [7, 11) is 3.33. The largest absolute Gasteiger partial charge is 0.497 e. The molecule has 4 heteroatoms. The van der Waals surface area contributed by atoms with Gasteiger partial charge in [0.2, 0.25) is 5.91 Å². The summed E-state index contributed by atoms with van der Waals surface area (Å²) in [6.07, 6.45) is 2.42. The third kappa shape index (κ3) is 3.88. The second-order valence-corrected chi connectivity index (χ2v) is 6.23. The zero-order valence-corrected chi connectivity index (χ0v) is 14.2. The Hall–Kier alpha value is -2.49. The van der Waals surface area contributed by atoms with Crippen molar-refractivity contribution in [3.8, 4) is 11.5 Å². The smallest absolute Gasteiger partial charge is 0.224 e. The third-order valence-corrected chi connectivity index (χ3v) is 4.45. The number of carbonyl (C=O) groups is 1. The van der Waals surface area contributed by atoms with E-state index in [9.17, 15) is 4.79 Å². The number of carbonyl (C=O) groups excluding carboxylic acids is 1. The zero-order chi connectivity index (χ0) is 16.9. The number of rotatable bonds is 5. The molecule has 2 aromatic rings. The van der Waals surface area contributed by atoms with Crippen LogP contribution in [0.3, 0.4) is 0 Å². The number of methoxy groups -OCH3 is 1. The van der Waals surface area contributed by atoms with Crippen molar-refractivity contribution >= 4 is 5.91 Å². The lowest BCUT2D eigenvalue weighted by Gasteiger charge is -2.25. The number of amides is 1. The molecule has 0 fully saturated rings. The zero-order valence-electron chi connectivity index (χ0n) is 14.2. The van der Waals surface area contributed by atoms with Gasteiger partial charge >= 0.3 is 0 Å². The number of benzene rings is 2. The summed E-state index contributed by atoms with van der Waals surface area (Å²) in [4.78, 5) is 11.4. The van der Waals surface area contributed by atoms with Crippen molar-refractivity contribution in [2.75, 3.05) is 20.8 Å². The summed E-state index contributed by atoms with van der Waals surface area (Å²) in [5.41, 5.74) is 3.56. The predicted octanol–water partition coefficient (Wildman–Crippen LogP) is 2.78. The van der Waals surface area contributed by atoms with Crippen molar-refractivity contribution in [3.05, 3.63) is 59.2 Å². The highest BCUT2D eigenvalue weighted by molar-refractivity contribution is 5.78. The molecule has 0 radical (unpaired) electrons. The molecule has 0 aromatic heterocycles. The fourth-order valence-electron chi connectivity index (χ4n) is 3.07. The highest BCUT2D eigenvalue weighted by Gasteiger charge is 2.20. The van der Waals surface area contributed by atoms with Crippen LogP contribution >= 0.6 is 0 Å². The number of likely N-dealkylation sites (N-methyl/N-ethyl adjacent to an activating group) is 1. The van der Waals surface area contributed by atoms with Crippen LogP contribution in [0.15, 0.2) is 42.5 Å². The van der Waals surface area contributed by atoms with Gasteiger partial charge in [0, 0.05) is 19.0 Å². The Morgan fingerprint density at radius 1 is 1.21 bits per heavy atom. The van der Waals surface area contributed by atoms with Crippen molar-refractivity contribution in [3.63, 3.8) is 0 Å². The summed E-state index contributed by atoms with van der Waals surface area (Å²) < 4.78 is 11.1. The average Bonchev–Trinajstić information content (AvgIpc) is 2.62. The van der Waals surface area contributed by atoms with Gasteiger partial charge in [-0.1, -0.05) is 30.3 Å². The van der Waals surface area contributed by atoms with Gasteiger partial charge in [-0.25, -0.2) is 0 Å². The maximum atomic E-state index is 11.4. The van der Waals surface area contributed by atoms with Gasteiger partial charge in [-0.05, 0) is 35.6 Å². The molecule has 1 N–H and O–H groups in total. The van der Waals surface area contributed by atoms with E-state index in [1.165, 1.54) is 11.1 Å². The number of fused-ring (bicyclic) bond motifs is 1. The standard InChI is InChI=1S/C20H23NO3/c1-21-20(22)11-15-5-3-14(4-6-15)9-16-10-17-7-8-18(23-2)12-19(17)24-13-16/h3-8,12,16H,9-11,13H2,1-2H3,(H,21,22). The van der Waals surface area contributed by atoms with Gasteiger partial charge in [-0.15, -0.1) is 0 Å². The van der Waals surface area contributed by atoms with Gasteiger partial charge in [0.1, 0.15) is 11.5 Å². The molecule has 0 aliphatic carbocycles. The Morgan fingerprint density at radius 2 is 1.96 bits per heavy atom. The Kier molecular flexibility index (Phi) is 5.04. The number of hydrogen-bond acceptors (Lipinski definition) is 3. The minimum atomic E-state index is 0.0375. The van der Waals surface area contributed by atoms with Gasteiger partial charge in [0.25, 0.3) is 0 Å². The molecule has 24 heavy (non-hydrogen) atoms. The second kappa shape index (κ2) is 7.39. The number of ether oxygens (including phenoxy) is 2. The van der Waals surface area contributed by atoms with Crippen LogP contribution in [0.25, 0.3) is 0 Å². The van der Waals surface area contributed by atoms with Crippen molar-refractivity contribution in [2.24, 2.45) is 5.92 Å². The maximum absolute atomic E-state index is 11.4. The summed E-state index contributed by atoms with van der Waals surface area (Å²) >= 11 is 0. The van der Waals surface area contributed by atoms with Gasteiger partial charge in [0.05, 0.1) is 20.1 Å². The summed E-state index contributed by atoms with van der Waals surface area (Å²) in [6, 6.07) is 14.3. The van der Waals surface area contributed by atoms with Gasteiger partial charge in [0.15, 0.2) is 0 Å². The van der Waals surface area contributed by atoms with Crippen LogP contribution in [0.4, 0.5) is 0 Å². The molecule has 126 valence electrons. The normalized spacial score (nSPS) is 16.0. The lowest BCUT2D eigenvalue weighted by Crippen LogP contribution is -2.23. The van der Waals surface area contributed by atoms with Crippen LogP contribution < -0.4 is 14.8 Å². The molecule has 1 amide bonds. The summed E-state index contributed by atoms with van der Waals surface area (Å²) in [5, 5.41) is 2.65. The third-order valence-electron chi connectivity index (χ3n) is 4.45. The maximum Gasteiger partial charge on any atom is 0.224 e. The second-order valence-electron chi connectivity index (χ2n) is 6.23. The molecular formula is C20H23NO3. The SMILES string of the molecule is CNC(=O)Cc1ccc(CC2COc3cc(OC)ccc3C2)cc1. The first kappa shape index (κ1) is 16.4. The molecule has 0 bridgehead atoms. The summed E-state index contributed by atoms with van der Waals surface area (Å²) in [6.45, 7) is 0.722. The minimum absolute atomic E-state index is 0.0375. The lowest BCUT2D eigenvalue weighted by atomic mass is 9.90. The van der Waals surface area contributed by atoms with E-state index in [0.29, 0.717) is 12.3 Å². The summed E-state index contributed by atoms with van der Waals surface area (Å²) in [5.74, 6) is 2.27. The number of nitrogens with one attached hydrogen (secondary N) is 1. The van der Waals surface area contributed by atoms with Crippen LogP contribution in [0.2, 0.25) is 0 Å². The highest BCUT2D eigenvalue weighted by atomic mass is 16.5. The molecule has 1 aliphatic rings. The van der Waals surface area contributed by atoms with Crippen LogP contribution in [0.5, 0.6) is 11.5 Å². The Bertz CT molecular complexity index is 709. The Balaban J connectivity index is 1.61. The van der Waals surface area contributed by atoms with Crippen molar-refractivity contribution < 1.29 is 14.3 Å². The van der Waals surface area contributed by atoms with Crippen molar-refractivity contribution in [1.29, 1.82) is 0 Å². The first-order valence-corrected chi connectivity index (χ1v) is 8.26. The quantitative estimate of drug-likeness (QED) is 0.919. The van der Waals surface area contributed by atoms with Crippen molar-refractivity contribution in [1.82, 2.24) is 5.32 Å². The molecule has 1 aliphatic heterocycles. The monoisotopic (exact) mass is 325 g/mol. The van der Waals surface area contributed by atoms with E-state index < -0.39 is 0 Å². The van der Waals surface area contributed by atoms with Gasteiger partial charge in [-0.2, -0.15) is 0 Å². The molecule has 1 heterocycles.